The highest BCUT2D eigenvalue weighted by atomic mass is 32.2. The number of esters is 1. The summed E-state index contributed by atoms with van der Waals surface area (Å²) in [6.45, 7) is 9.22. The average Bonchev–Trinajstić information content (AvgIpc) is 2.83. The van der Waals surface area contributed by atoms with Gasteiger partial charge in [-0.05, 0) is 39.5 Å². The van der Waals surface area contributed by atoms with Gasteiger partial charge in [0.2, 0.25) is 0 Å². The van der Waals surface area contributed by atoms with Gasteiger partial charge in [0, 0.05) is 11.3 Å². The molecule has 2 heterocycles. The summed E-state index contributed by atoms with van der Waals surface area (Å²) in [5.74, 6) is 0.481. The number of carbonyl (C=O) groups is 1. The van der Waals surface area contributed by atoms with Crippen molar-refractivity contribution in [2.45, 2.75) is 32.4 Å². The van der Waals surface area contributed by atoms with Crippen LogP contribution in [0.4, 0.5) is 5.82 Å². The van der Waals surface area contributed by atoms with E-state index in [0.717, 1.165) is 28.1 Å². The van der Waals surface area contributed by atoms with Gasteiger partial charge in [-0.2, -0.15) is 11.8 Å². The first-order valence-electron chi connectivity index (χ1n) is 7.10. The zero-order chi connectivity index (χ0) is 16.3. The molecule has 0 saturated heterocycles. The molecule has 0 radical (unpaired) electrons. The molecule has 0 fully saturated rings. The Balaban J connectivity index is 2.38. The van der Waals surface area contributed by atoms with Gasteiger partial charge in [-0.1, -0.05) is 0 Å². The first-order chi connectivity index (χ1) is 10.4. The fourth-order valence-electron chi connectivity index (χ4n) is 1.97. The van der Waals surface area contributed by atoms with E-state index in [2.05, 4.69) is 35.4 Å². The van der Waals surface area contributed by atoms with E-state index in [0.29, 0.717) is 11.5 Å². The lowest BCUT2D eigenvalue weighted by Crippen LogP contribution is -2.26. The second-order valence-corrected chi connectivity index (χ2v) is 8.01. The second-order valence-electron chi connectivity index (χ2n) is 5.50. The van der Waals surface area contributed by atoms with Crippen LogP contribution < -0.4 is 5.32 Å². The third-order valence-electron chi connectivity index (χ3n) is 3.42. The number of anilines is 1. The Hall–Kier alpha value is -1.34. The summed E-state index contributed by atoms with van der Waals surface area (Å²) in [4.78, 5) is 22.1. The number of aryl methyl sites for hydroxylation is 1. The van der Waals surface area contributed by atoms with Crippen LogP contribution in [0, 0.1) is 6.92 Å². The maximum Gasteiger partial charge on any atom is 0.348 e. The van der Waals surface area contributed by atoms with Crippen LogP contribution in [0.15, 0.2) is 6.33 Å². The van der Waals surface area contributed by atoms with Crippen LogP contribution in [-0.2, 0) is 4.74 Å². The molecule has 22 heavy (non-hydrogen) atoms. The predicted molar refractivity (Wildman–Crippen MR) is 94.2 cm³/mol. The maximum absolute atomic E-state index is 12.0. The first-order valence-corrected chi connectivity index (χ1v) is 9.14. The number of carbonyl (C=O) groups excluding carboxylic acids is 1. The number of aromatic nitrogens is 2. The second kappa shape index (κ2) is 6.83. The van der Waals surface area contributed by atoms with Gasteiger partial charge in [0.15, 0.2) is 0 Å². The third kappa shape index (κ3) is 3.52. The molecule has 0 aromatic carbocycles. The predicted octanol–water partition coefficient (Wildman–Crippen LogP) is 3.73. The molecule has 0 aliphatic heterocycles. The summed E-state index contributed by atoms with van der Waals surface area (Å²) < 4.78 is 5.21. The van der Waals surface area contributed by atoms with Gasteiger partial charge in [-0.15, -0.1) is 11.3 Å². The van der Waals surface area contributed by atoms with Crippen LogP contribution in [0.5, 0.6) is 0 Å². The Kier molecular flexibility index (Phi) is 5.28. The number of hydrogen-bond donors (Lipinski definition) is 1. The number of thioether (sulfide) groups is 1. The molecule has 0 bridgehead atoms. The van der Waals surface area contributed by atoms with Gasteiger partial charge in [0.25, 0.3) is 0 Å². The molecule has 0 atom stereocenters. The van der Waals surface area contributed by atoms with Crippen molar-refractivity contribution in [1.82, 2.24) is 9.97 Å². The minimum absolute atomic E-state index is 0.102. The molecule has 0 spiro atoms. The van der Waals surface area contributed by atoms with Gasteiger partial charge in [0.1, 0.15) is 21.9 Å². The van der Waals surface area contributed by atoms with Crippen LogP contribution in [0.3, 0.4) is 0 Å². The molecule has 2 aromatic heterocycles. The Bertz CT molecular complexity index is 683. The van der Waals surface area contributed by atoms with Crippen molar-refractivity contribution in [2.24, 2.45) is 0 Å². The quantitative estimate of drug-likeness (QED) is 0.809. The van der Waals surface area contributed by atoms with Gasteiger partial charge in [-0.3, -0.25) is 0 Å². The minimum Gasteiger partial charge on any atom is -0.462 e. The van der Waals surface area contributed by atoms with Crippen LogP contribution in [-0.4, -0.2) is 40.1 Å². The van der Waals surface area contributed by atoms with Crippen molar-refractivity contribution < 1.29 is 9.53 Å². The third-order valence-corrected chi connectivity index (χ3v) is 5.85. The summed E-state index contributed by atoms with van der Waals surface area (Å²) in [5.41, 5.74) is 0.878. The molecule has 0 saturated carbocycles. The maximum atomic E-state index is 12.0. The number of rotatable bonds is 6. The van der Waals surface area contributed by atoms with E-state index in [1.54, 1.807) is 18.7 Å². The standard InChI is InChI=1S/C15H21N3O2S2/c1-6-20-14(19)11-9(2)10-12(16-7-15(3,4)21-5)17-8-18-13(10)22-11/h8H,6-7H2,1-5H3,(H,16,17,18). The largest absolute Gasteiger partial charge is 0.462 e. The Morgan fingerprint density at radius 3 is 2.82 bits per heavy atom. The molecule has 120 valence electrons. The molecule has 0 unspecified atom stereocenters. The molecule has 5 nitrogen and oxygen atoms in total. The number of nitrogens with zero attached hydrogens (tertiary/aromatic N) is 2. The first kappa shape index (κ1) is 17.0. The highest BCUT2D eigenvalue weighted by Crippen LogP contribution is 2.34. The van der Waals surface area contributed by atoms with E-state index in [9.17, 15) is 4.79 Å². The van der Waals surface area contributed by atoms with E-state index < -0.39 is 0 Å². The summed E-state index contributed by atoms with van der Waals surface area (Å²) in [6, 6.07) is 0. The molecule has 2 rings (SSSR count). The summed E-state index contributed by atoms with van der Waals surface area (Å²) in [5, 5.41) is 4.30. The lowest BCUT2D eigenvalue weighted by molar-refractivity contribution is 0.0531. The SMILES string of the molecule is CCOC(=O)c1sc2ncnc(NCC(C)(C)SC)c2c1C. The molecular weight excluding hydrogens is 318 g/mol. The topological polar surface area (TPSA) is 64.1 Å². The van der Waals surface area contributed by atoms with Gasteiger partial charge >= 0.3 is 5.97 Å². The smallest absolute Gasteiger partial charge is 0.348 e. The van der Waals surface area contributed by atoms with Gasteiger partial charge in [-0.25, -0.2) is 14.8 Å². The number of nitrogens with one attached hydrogen (secondary N) is 1. The normalized spacial score (nSPS) is 11.7. The van der Waals surface area contributed by atoms with Crippen molar-refractivity contribution in [1.29, 1.82) is 0 Å². The lowest BCUT2D eigenvalue weighted by Gasteiger charge is -2.22. The van der Waals surface area contributed by atoms with Gasteiger partial charge < -0.3 is 10.1 Å². The Morgan fingerprint density at radius 2 is 2.18 bits per heavy atom. The molecule has 0 aliphatic carbocycles. The molecule has 7 heteroatoms. The van der Waals surface area contributed by atoms with Crippen LogP contribution in [0.25, 0.3) is 10.2 Å². The highest BCUT2D eigenvalue weighted by molar-refractivity contribution is 7.99. The molecular formula is C15H21N3O2S2. The fourth-order valence-corrected chi connectivity index (χ4v) is 3.22. The Morgan fingerprint density at radius 1 is 1.45 bits per heavy atom. The van der Waals surface area contributed by atoms with E-state index in [-0.39, 0.29) is 10.7 Å². The number of fused-ring (bicyclic) bond motifs is 1. The van der Waals surface area contributed by atoms with Crippen molar-refractivity contribution >= 4 is 45.1 Å². The van der Waals surface area contributed by atoms with Crippen molar-refractivity contribution in [3.63, 3.8) is 0 Å². The van der Waals surface area contributed by atoms with E-state index in [1.165, 1.54) is 17.7 Å². The number of hydrogen-bond acceptors (Lipinski definition) is 7. The van der Waals surface area contributed by atoms with E-state index in [1.807, 2.05) is 6.92 Å². The molecule has 1 N–H and O–H groups in total. The summed E-state index contributed by atoms with van der Waals surface area (Å²) in [7, 11) is 0. The minimum atomic E-state index is -0.293. The Labute approximate surface area is 138 Å². The average molecular weight is 339 g/mol. The van der Waals surface area contributed by atoms with Crippen LogP contribution >= 0.6 is 23.1 Å². The lowest BCUT2D eigenvalue weighted by atomic mass is 10.2. The summed E-state index contributed by atoms with van der Waals surface area (Å²) >= 11 is 3.15. The van der Waals surface area contributed by atoms with E-state index >= 15 is 0 Å². The number of ether oxygens (including phenoxy) is 1. The zero-order valence-corrected chi connectivity index (χ0v) is 15.2. The van der Waals surface area contributed by atoms with Gasteiger partial charge in [0.05, 0.1) is 12.0 Å². The highest BCUT2D eigenvalue weighted by Gasteiger charge is 2.21. The molecule has 0 aliphatic rings. The fraction of sp³-hybridized carbons (Fsp3) is 0.533. The molecule has 0 amide bonds. The zero-order valence-electron chi connectivity index (χ0n) is 13.5. The van der Waals surface area contributed by atoms with Crippen molar-refractivity contribution in [3.05, 3.63) is 16.8 Å². The van der Waals surface area contributed by atoms with Crippen molar-refractivity contribution in [3.8, 4) is 0 Å². The van der Waals surface area contributed by atoms with E-state index in [4.69, 9.17) is 4.74 Å². The van der Waals surface area contributed by atoms with Crippen LogP contribution in [0.1, 0.15) is 36.0 Å². The summed E-state index contributed by atoms with van der Waals surface area (Å²) in [6.07, 6.45) is 3.62. The monoisotopic (exact) mass is 339 g/mol. The van der Waals surface area contributed by atoms with Crippen molar-refractivity contribution in [2.75, 3.05) is 24.7 Å². The van der Waals surface area contributed by atoms with Crippen LogP contribution in [0.2, 0.25) is 0 Å². The molecule has 2 aromatic rings. The number of thiophene rings is 1.